The highest BCUT2D eigenvalue weighted by atomic mass is 35.5. The number of anilines is 1. The molecule has 3 rings (SSSR count). The van der Waals surface area contributed by atoms with Crippen LogP contribution >= 0.6 is 11.6 Å². The summed E-state index contributed by atoms with van der Waals surface area (Å²) < 4.78 is 0. The number of nitrogens with zero attached hydrogens (tertiary/aromatic N) is 1. The number of nitrogens with one attached hydrogen (secondary N) is 1. The first-order chi connectivity index (χ1) is 11.9. The Hall–Kier alpha value is -2.37. The zero-order valence-electron chi connectivity index (χ0n) is 14.0. The zero-order valence-corrected chi connectivity index (χ0v) is 14.7. The molecule has 0 bridgehead atoms. The number of fused-ring (bicyclic) bond motifs is 1. The van der Waals surface area contributed by atoms with Crippen molar-refractivity contribution in [2.24, 2.45) is 5.73 Å². The highest BCUT2D eigenvalue weighted by Gasteiger charge is 2.31. The molecule has 2 amide bonds. The number of hydrogen-bond donors (Lipinski definition) is 2. The standard InChI is InChI=1S/C19H20ClN3O2/c1-12-8-15(20)6-7-16(12)22-18(24)11-23-10-14-5-3-2-4-13(14)9-17(23)19(21)25/h2-8,17H,9-11H2,1H3,(H2,21,25)(H,22,24). The van der Waals surface area contributed by atoms with Gasteiger partial charge >= 0.3 is 0 Å². The fourth-order valence-corrected chi connectivity index (χ4v) is 3.39. The van der Waals surface area contributed by atoms with Crippen molar-refractivity contribution >= 4 is 29.1 Å². The fourth-order valence-electron chi connectivity index (χ4n) is 3.17. The van der Waals surface area contributed by atoms with Crippen molar-refractivity contribution in [2.45, 2.75) is 25.9 Å². The maximum atomic E-state index is 12.5. The molecule has 1 atom stereocenters. The highest BCUT2D eigenvalue weighted by molar-refractivity contribution is 6.30. The van der Waals surface area contributed by atoms with Crippen LogP contribution in [-0.4, -0.2) is 29.3 Å². The Labute approximate surface area is 151 Å². The first-order valence-electron chi connectivity index (χ1n) is 8.10. The molecule has 3 N–H and O–H groups in total. The van der Waals surface area contributed by atoms with Crippen LogP contribution in [0.4, 0.5) is 5.69 Å². The van der Waals surface area contributed by atoms with E-state index in [1.165, 1.54) is 0 Å². The summed E-state index contributed by atoms with van der Waals surface area (Å²) in [4.78, 5) is 26.1. The van der Waals surface area contributed by atoms with Crippen LogP contribution in [0.1, 0.15) is 16.7 Å². The summed E-state index contributed by atoms with van der Waals surface area (Å²) in [5, 5.41) is 3.50. The van der Waals surface area contributed by atoms with Crippen molar-refractivity contribution in [2.75, 3.05) is 11.9 Å². The molecular formula is C19H20ClN3O2. The molecule has 1 unspecified atom stereocenters. The molecule has 0 fully saturated rings. The molecule has 1 aliphatic rings. The minimum Gasteiger partial charge on any atom is -0.368 e. The Bertz CT molecular complexity index is 822. The molecular weight excluding hydrogens is 338 g/mol. The first-order valence-corrected chi connectivity index (χ1v) is 8.48. The van der Waals surface area contributed by atoms with Crippen molar-refractivity contribution < 1.29 is 9.59 Å². The maximum absolute atomic E-state index is 12.5. The fraction of sp³-hybridized carbons (Fsp3) is 0.263. The van der Waals surface area contributed by atoms with Crippen molar-refractivity contribution in [3.05, 3.63) is 64.2 Å². The summed E-state index contributed by atoms with van der Waals surface area (Å²) >= 11 is 5.94. The number of carbonyl (C=O) groups excluding carboxylic acids is 2. The van der Waals surface area contributed by atoms with Crippen molar-refractivity contribution in [1.29, 1.82) is 0 Å². The van der Waals surface area contributed by atoms with E-state index in [1.807, 2.05) is 36.1 Å². The van der Waals surface area contributed by atoms with E-state index in [2.05, 4.69) is 5.32 Å². The second-order valence-electron chi connectivity index (χ2n) is 6.30. The molecule has 0 aromatic heterocycles. The topological polar surface area (TPSA) is 75.4 Å². The third kappa shape index (κ3) is 4.00. The van der Waals surface area contributed by atoms with Gasteiger partial charge in [0.1, 0.15) is 0 Å². The smallest absolute Gasteiger partial charge is 0.238 e. The second-order valence-corrected chi connectivity index (χ2v) is 6.74. The lowest BCUT2D eigenvalue weighted by molar-refractivity contribution is -0.125. The molecule has 0 saturated carbocycles. The average molecular weight is 358 g/mol. The summed E-state index contributed by atoms with van der Waals surface area (Å²) in [5.74, 6) is -0.596. The number of carbonyl (C=O) groups is 2. The number of hydrogen-bond acceptors (Lipinski definition) is 3. The molecule has 6 heteroatoms. The number of aryl methyl sites for hydroxylation is 1. The van der Waals surface area contributed by atoms with Gasteiger partial charge in [-0.05, 0) is 48.2 Å². The van der Waals surface area contributed by atoms with Crippen LogP contribution in [0.5, 0.6) is 0 Å². The number of benzene rings is 2. The SMILES string of the molecule is Cc1cc(Cl)ccc1NC(=O)CN1Cc2ccccc2CC1C(N)=O. The van der Waals surface area contributed by atoms with Gasteiger partial charge in [-0.3, -0.25) is 14.5 Å². The Morgan fingerprint density at radius 2 is 1.96 bits per heavy atom. The molecule has 0 aliphatic carbocycles. The molecule has 25 heavy (non-hydrogen) atoms. The van der Waals surface area contributed by atoms with Crippen LogP contribution in [-0.2, 0) is 22.6 Å². The Balaban J connectivity index is 1.74. The number of nitrogens with two attached hydrogens (primary N) is 1. The Morgan fingerprint density at radius 1 is 1.24 bits per heavy atom. The van der Waals surface area contributed by atoms with Crippen molar-refractivity contribution in [3.8, 4) is 0 Å². The quantitative estimate of drug-likeness (QED) is 0.882. The molecule has 2 aromatic rings. The number of amides is 2. The van der Waals surface area contributed by atoms with E-state index in [0.717, 1.165) is 16.7 Å². The van der Waals surface area contributed by atoms with Gasteiger partial charge in [-0.2, -0.15) is 0 Å². The Kier molecular flexibility index (Phi) is 5.06. The molecule has 1 aliphatic heterocycles. The lowest BCUT2D eigenvalue weighted by Crippen LogP contribution is -2.50. The normalized spacial score (nSPS) is 17.0. The first kappa shape index (κ1) is 17.5. The second kappa shape index (κ2) is 7.25. The predicted molar refractivity (Wildman–Crippen MR) is 98.4 cm³/mol. The predicted octanol–water partition coefficient (Wildman–Crippen LogP) is 2.50. The Morgan fingerprint density at radius 3 is 2.64 bits per heavy atom. The molecule has 0 radical (unpaired) electrons. The van der Waals surface area contributed by atoms with E-state index in [9.17, 15) is 9.59 Å². The van der Waals surface area contributed by atoms with E-state index < -0.39 is 11.9 Å². The lowest BCUT2D eigenvalue weighted by Gasteiger charge is -2.34. The average Bonchev–Trinajstić information content (AvgIpc) is 2.56. The van der Waals surface area contributed by atoms with Gasteiger partial charge in [0.25, 0.3) is 0 Å². The monoisotopic (exact) mass is 357 g/mol. The highest BCUT2D eigenvalue weighted by Crippen LogP contribution is 2.24. The van der Waals surface area contributed by atoms with Gasteiger partial charge in [0.2, 0.25) is 11.8 Å². The van der Waals surface area contributed by atoms with E-state index in [-0.39, 0.29) is 12.5 Å². The third-order valence-corrected chi connectivity index (χ3v) is 4.72. The van der Waals surface area contributed by atoms with Gasteiger partial charge in [-0.1, -0.05) is 35.9 Å². The third-order valence-electron chi connectivity index (χ3n) is 4.48. The minimum atomic E-state index is -0.480. The molecule has 0 spiro atoms. The van der Waals surface area contributed by atoms with Gasteiger partial charge in [0.15, 0.2) is 0 Å². The summed E-state index contributed by atoms with van der Waals surface area (Å²) in [5.41, 5.74) is 9.38. The van der Waals surface area contributed by atoms with Gasteiger partial charge < -0.3 is 11.1 Å². The number of halogens is 1. The van der Waals surface area contributed by atoms with Gasteiger partial charge in [-0.25, -0.2) is 0 Å². The maximum Gasteiger partial charge on any atom is 0.238 e. The summed E-state index contributed by atoms with van der Waals surface area (Å²) in [6.45, 7) is 2.51. The van der Waals surface area contributed by atoms with Crippen LogP contribution in [0.25, 0.3) is 0 Å². The van der Waals surface area contributed by atoms with Crippen LogP contribution in [0.3, 0.4) is 0 Å². The van der Waals surface area contributed by atoms with E-state index >= 15 is 0 Å². The van der Waals surface area contributed by atoms with Crippen molar-refractivity contribution in [1.82, 2.24) is 4.90 Å². The minimum absolute atomic E-state index is 0.101. The number of primary amides is 1. The number of rotatable bonds is 4. The van der Waals surface area contributed by atoms with Crippen LogP contribution in [0, 0.1) is 6.92 Å². The summed E-state index contributed by atoms with van der Waals surface area (Å²) in [7, 11) is 0. The van der Waals surface area contributed by atoms with E-state index in [4.69, 9.17) is 17.3 Å². The summed E-state index contributed by atoms with van der Waals surface area (Å²) in [6.07, 6.45) is 0.527. The van der Waals surface area contributed by atoms with Crippen molar-refractivity contribution in [3.63, 3.8) is 0 Å². The van der Waals surface area contributed by atoms with Gasteiger partial charge in [0, 0.05) is 17.3 Å². The van der Waals surface area contributed by atoms with Crippen LogP contribution < -0.4 is 11.1 Å². The molecule has 2 aromatic carbocycles. The van der Waals surface area contributed by atoms with E-state index in [1.54, 1.807) is 18.2 Å². The summed E-state index contributed by atoms with van der Waals surface area (Å²) in [6, 6.07) is 12.7. The van der Waals surface area contributed by atoms with Crippen LogP contribution in [0.2, 0.25) is 5.02 Å². The lowest BCUT2D eigenvalue weighted by atomic mass is 9.93. The molecule has 130 valence electrons. The largest absolute Gasteiger partial charge is 0.368 e. The molecule has 5 nitrogen and oxygen atoms in total. The van der Waals surface area contributed by atoms with Crippen LogP contribution in [0.15, 0.2) is 42.5 Å². The van der Waals surface area contributed by atoms with Gasteiger partial charge in [0.05, 0.1) is 12.6 Å². The molecule has 1 heterocycles. The zero-order chi connectivity index (χ0) is 18.0. The van der Waals surface area contributed by atoms with Gasteiger partial charge in [-0.15, -0.1) is 0 Å². The van der Waals surface area contributed by atoms with E-state index in [0.29, 0.717) is 23.7 Å². The molecule has 0 saturated heterocycles.